The molecule has 3 amide bonds. The minimum absolute atomic E-state index is 0.151. The summed E-state index contributed by atoms with van der Waals surface area (Å²) in [5.41, 5.74) is 6.38. The van der Waals surface area contributed by atoms with Crippen LogP contribution < -0.4 is 20.5 Å². The average Bonchev–Trinajstić information content (AvgIpc) is 2.61. The number of rotatable bonds is 6. The molecule has 0 aliphatic carbocycles. The van der Waals surface area contributed by atoms with Crippen LogP contribution in [0.1, 0.15) is 18.4 Å². The van der Waals surface area contributed by atoms with E-state index in [1.807, 2.05) is 18.2 Å². The van der Waals surface area contributed by atoms with E-state index in [0.29, 0.717) is 37.6 Å². The van der Waals surface area contributed by atoms with E-state index in [1.165, 1.54) is 0 Å². The van der Waals surface area contributed by atoms with Gasteiger partial charge >= 0.3 is 6.03 Å². The van der Waals surface area contributed by atoms with E-state index in [9.17, 15) is 9.59 Å². The van der Waals surface area contributed by atoms with Crippen LogP contribution in [-0.2, 0) is 11.2 Å². The Balaban J connectivity index is 1.83. The highest BCUT2D eigenvalue weighted by Crippen LogP contribution is 2.27. The summed E-state index contributed by atoms with van der Waals surface area (Å²) in [6.45, 7) is 1.57. The van der Waals surface area contributed by atoms with E-state index < -0.39 is 0 Å². The SMILES string of the molecule is COc1ccc(CCNC(=O)N2CCCC(C(N)=O)C2)cc1OC. The summed E-state index contributed by atoms with van der Waals surface area (Å²) in [6.07, 6.45) is 2.24. The van der Waals surface area contributed by atoms with Crippen LogP contribution in [0.25, 0.3) is 0 Å². The summed E-state index contributed by atoms with van der Waals surface area (Å²) in [5, 5.41) is 2.89. The molecule has 1 aliphatic rings. The summed E-state index contributed by atoms with van der Waals surface area (Å²) >= 11 is 0. The molecule has 7 nitrogen and oxygen atoms in total. The van der Waals surface area contributed by atoms with Gasteiger partial charge in [0, 0.05) is 19.6 Å². The Kier molecular flexibility index (Phi) is 6.28. The number of methoxy groups -OCH3 is 2. The van der Waals surface area contributed by atoms with Crippen molar-refractivity contribution in [1.29, 1.82) is 0 Å². The second kappa shape index (κ2) is 8.42. The van der Waals surface area contributed by atoms with E-state index in [4.69, 9.17) is 15.2 Å². The van der Waals surface area contributed by atoms with Gasteiger partial charge in [-0.3, -0.25) is 4.79 Å². The van der Waals surface area contributed by atoms with Crippen LogP contribution in [-0.4, -0.2) is 50.7 Å². The monoisotopic (exact) mass is 335 g/mol. The quantitative estimate of drug-likeness (QED) is 0.815. The van der Waals surface area contributed by atoms with Gasteiger partial charge in [-0.05, 0) is 37.0 Å². The third-order valence-corrected chi connectivity index (χ3v) is 4.25. The largest absolute Gasteiger partial charge is 0.493 e. The lowest BCUT2D eigenvalue weighted by molar-refractivity contribution is -0.123. The molecule has 0 aromatic heterocycles. The van der Waals surface area contributed by atoms with E-state index in [-0.39, 0.29) is 17.9 Å². The molecule has 3 N–H and O–H groups in total. The van der Waals surface area contributed by atoms with Gasteiger partial charge in [0.1, 0.15) is 0 Å². The Bertz CT molecular complexity index is 591. The zero-order chi connectivity index (χ0) is 17.5. The molecule has 1 fully saturated rings. The minimum Gasteiger partial charge on any atom is -0.493 e. The van der Waals surface area contributed by atoms with Crippen LogP contribution in [0.5, 0.6) is 11.5 Å². The molecule has 0 spiro atoms. The van der Waals surface area contributed by atoms with Gasteiger partial charge in [0.05, 0.1) is 20.1 Å². The van der Waals surface area contributed by atoms with Crippen LogP contribution in [0.2, 0.25) is 0 Å². The number of piperidine rings is 1. The van der Waals surface area contributed by atoms with E-state index in [0.717, 1.165) is 18.4 Å². The molecule has 1 unspecified atom stereocenters. The number of ether oxygens (including phenoxy) is 2. The Hall–Kier alpha value is -2.44. The molecular weight excluding hydrogens is 310 g/mol. The highest BCUT2D eigenvalue weighted by atomic mass is 16.5. The van der Waals surface area contributed by atoms with Crippen LogP contribution in [0.3, 0.4) is 0 Å². The van der Waals surface area contributed by atoms with Crippen molar-refractivity contribution in [2.24, 2.45) is 11.7 Å². The summed E-state index contributed by atoms with van der Waals surface area (Å²) in [5.74, 6) is 0.769. The molecule has 1 saturated heterocycles. The van der Waals surface area contributed by atoms with Crippen molar-refractivity contribution in [3.05, 3.63) is 23.8 Å². The number of carbonyl (C=O) groups excluding carboxylic acids is 2. The maximum atomic E-state index is 12.2. The molecule has 0 bridgehead atoms. The molecule has 132 valence electrons. The minimum atomic E-state index is -0.335. The van der Waals surface area contributed by atoms with Crippen LogP contribution in [0.15, 0.2) is 18.2 Å². The van der Waals surface area contributed by atoms with E-state index in [2.05, 4.69) is 5.32 Å². The topological polar surface area (TPSA) is 93.9 Å². The Morgan fingerprint density at radius 2 is 2.04 bits per heavy atom. The fourth-order valence-corrected chi connectivity index (χ4v) is 2.86. The molecule has 1 aromatic rings. The van der Waals surface area contributed by atoms with Crippen molar-refractivity contribution in [2.45, 2.75) is 19.3 Å². The lowest BCUT2D eigenvalue weighted by atomic mass is 9.98. The maximum absolute atomic E-state index is 12.2. The predicted octanol–water partition coefficient (Wildman–Crippen LogP) is 1.15. The molecule has 0 radical (unpaired) electrons. The van der Waals surface area contributed by atoms with Crippen molar-refractivity contribution >= 4 is 11.9 Å². The summed E-state index contributed by atoms with van der Waals surface area (Å²) in [7, 11) is 3.19. The number of likely N-dealkylation sites (tertiary alicyclic amines) is 1. The molecule has 1 aromatic carbocycles. The first-order valence-corrected chi connectivity index (χ1v) is 8.08. The number of nitrogens with one attached hydrogen (secondary N) is 1. The van der Waals surface area contributed by atoms with Gasteiger partial charge in [-0.25, -0.2) is 4.79 Å². The predicted molar refractivity (Wildman–Crippen MR) is 90.1 cm³/mol. The fourth-order valence-electron chi connectivity index (χ4n) is 2.86. The first kappa shape index (κ1) is 17.9. The van der Waals surface area contributed by atoms with Gasteiger partial charge in [-0.2, -0.15) is 0 Å². The Labute approximate surface area is 142 Å². The Morgan fingerprint density at radius 3 is 2.71 bits per heavy atom. The Morgan fingerprint density at radius 1 is 1.29 bits per heavy atom. The molecule has 0 saturated carbocycles. The van der Waals surface area contributed by atoms with Gasteiger partial charge in [-0.15, -0.1) is 0 Å². The lowest BCUT2D eigenvalue weighted by Crippen LogP contribution is -2.48. The number of nitrogens with zero attached hydrogens (tertiary/aromatic N) is 1. The fraction of sp³-hybridized carbons (Fsp3) is 0.529. The number of amides is 3. The van der Waals surface area contributed by atoms with Crippen molar-refractivity contribution in [1.82, 2.24) is 10.2 Å². The standard InChI is InChI=1S/C17H25N3O4/c1-23-14-6-5-12(10-15(14)24-2)7-8-19-17(22)20-9-3-4-13(11-20)16(18)21/h5-6,10,13H,3-4,7-9,11H2,1-2H3,(H2,18,21)(H,19,22). The second-order valence-electron chi connectivity index (χ2n) is 5.86. The third-order valence-electron chi connectivity index (χ3n) is 4.25. The average molecular weight is 335 g/mol. The van der Waals surface area contributed by atoms with Crippen LogP contribution in [0, 0.1) is 5.92 Å². The normalized spacial score (nSPS) is 17.2. The highest BCUT2D eigenvalue weighted by Gasteiger charge is 2.26. The molecule has 2 rings (SSSR count). The third kappa shape index (κ3) is 4.53. The number of hydrogen-bond acceptors (Lipinski definition) is 4. The molecule has 7 heteroatoms. The van der Waals surface area contributed by atoms with E-state index in [1.54, 1.807) is 19.1 Å². The summed E-state index contributed by atoms with van der Waals surface area (Å²) in [4.78, 5) is 25.1. The van der Waals surface area contributed by atoms with E-state index >= 15 is 0 Å². The second-order valence-corrected chi connectivity index (χ2v) is 5.86. The maximum Gasteiger partial charge on any atom is 0.317 e. The smallest absolute Gasteiger partial charge is 0.317 e. The van der Waals surface area contributed by atoms with Crippen LogP contribution in [0.4, 0.5) is 4.79 Å². The molecule has 24 heavy (non-hydrogen) atoms. The van der Waals surface area contributed by atoms with Crippen molar-refractivity contribution < 1.29 is 19.1 Å². The van der Waals surface area contributed by atoms with Crippen molar-refractivity contribution in [2.75, 3.05) is 33.9 Å². The number of nitrogens with two attached hydrogens (primary N) is 1. The highest BCUT2D eigenvalue weighted by molar-refractivity contribution is 5.79. The van der Waals surface area contributed by atoms with Gasteiger partial charge in [0.2, 0.25) is 5.91 Å². The zero-order valence-corrected chi connectivity index (χ0v) is 14.2. The molecule has 1 heterocycles. The first-order valence-electron chi connectivity index (χ1n) is 8.08. The number of primary amides is 1. The molecule has 1 atom stereocenters. The summed E-state index contributed by atoms with van der Waals surface area (Å²) in [6, 6.07) is 5.53. The molecular formula is C17H25N3O4. The number of carbonyl (C=O) groups is 2. The van der Waals surface area contributed by atoms with Gasteiger partial charge in [-0.1, -0.05) is 6.07 Å². The number of benzene rings is 1. The molecule has 1 aliphatic heterocycles. The van der Waals surface area contributed by atoms with Crippen molar-refractivity contribution in [3.8, 4) is 11.5 Å². The summed E-state index contributed by atoms with van der Waals surface area (Å²) < 4.78 is 10.5. The number of hydrogen-bond donors (Lipinski definition) is 2. The van der Waals surface area contributed by atoms with Gasteiger partial charge < -0.3 is 25.4 Å². The lowest BCUT2D eigenvalue weighted by Gasteiger charge is -2.31. The van der Waals surface area contributed by atoms with Crippen molar-refractivity contribution in [3.63, 3.8) is 0 Å². The number of urea groups is 1. The van der Waals surface area contributed by atoms with Crippen LogP contribution >= 0.6 is 0 Å². The van der Waals surface area contributed by atoms with Gasteiger partial charge in [0.25, 0.3) is 0 Å². The first-order chi connectivity index (χ1) is 11.5. The van der Waals surface area contributed by atoms with Gasteiger partial charge in [0.15, 0.2) is 11.5 Å². The zero-order valence-electron chi connectivity index (χ0n) is 14.2.